The van der Waals surface area contributed by atoms with E-state index in [1.807, 2.05) is 60.0 Å². The zero-order valence-electron chi connectivity index (χ0n) is 18.2. The predicted octanol–water partition coefficient (Wildman–Crippen LogP) is 3.63. The van der Waals surface area contributed by atoms with Gasteiger partial charge in [-0.25, -0.2) is 9.79 Å². The standard InChI is InChI=1S/C25H20N2O4S2/c1-14-21(24(29)31-3)22(19-9-6-12-32-19)27-23(28)20(33-25(27)26-14)13-15-10-11-18(30-2)17-8-5-4-7-16(15)17/h4-13,22H,1-3H3/b20-13-/t22-/m1/s1. The molecule has 2 aromatic carbocycles. The summed E-state index contributed by atoms with van der Waals surface area (Å²) in [6.07, 6.45) is 1.88. The first-order chi connectivity index (χ1) is 16.0. The molecule has 0 aliphatic carbocycles. The summed E-state index contributed by atoms with van der Waals surface area (Å²) in [5.41, 5.74) is 1.66. The number of fused-ring (bicyclic) bond motifs is 2. The normalized spacial score (nSPS) is 16.0. The Balaban J connectivity index is 1.76. The van der Waals surface area contributed by atoms with Crippen molar-refractivity contribution in [3.05, 3.63) is 95.3 Å². The van der Waals surface area contributed by atoms with E-state index in [2.05, 4.69) is 4.99 Å². The Hall–Kier alpha value is -3.49. The monoisotopic (exact) mass is 476 g/mol. The molecule has 0 amide bonds. The highest BCUT2D eigenvalue weighted by atomic mass is 32.1. The van der Waals surface area contributed by atoms with E-state index in [0.717, 1.165) is 27.0 Å². The number of hydrogen-bond donors (Lipinski definition) is 0. The van der Waals surface area contributed by atoms with Crippen molar-refractivity contribution in [2.45, 2.75) is 13.0 Å². The average Bonchev–Trinajstić information content (AvgIpc) is 3.46. The second-order valence-corrected chi connectivity index (χ2v) is 9.48. The van der Waals surface area contributed by atoms with Gasteiger partial charge in [0.25, 0.3) is 5.56 Å². The van der Waals surface area contributed by atoms with Crippen molar-refractivity contribution in [1.82, 2.24) is 4.57 Å². The van der Waals surface area contributed by atoms with Gasteiger partial charge in [-0.1, -0.05) is 47.7 Å². The van der Waals surface area contributed by atoms with Crippen LogP contribution in [0.25, 0.3) is 16.8 Å². The molecule has 166 valence electrons. The van der Waals surface area contributed by atoms with E-state index in [1.165, 1.54) is 29.8 Å². The highest BCUT2D eigenvalue weighted by Crippen LogP contribution is 2.33. The topological polar surface area (TPSA) is 69.9 Å². The van der Waals surface area contributed by atoms with E-state index in [4.69, 9.17) is 9.47 Å². The third-order valence-electron chi connectivity index (χ3n) is 5.66. The predicted molar refractivity (Wildman–Crippen MR) is 131 cm³/mol. The number of allylic oxidation sites excluding steroid dienone is 1. The Morgan fingerprint density at radius 1 is 1.09 bits per heavy atom. The smallest absolute Gasteiger partial charge is 0.338 e. The number of ether oxygens (including phenoxy) is 2. The summed E-state index contributed by atoms with van der Waals surface area (Å²) in [6.45, 7) is 1.78. The van der Waals surface area contributed by atoms with Crippen LogP contribution in [0.15, 0.2) is 75.0 Å². The molecule has 4 aromatic rings. The quantitative estimate of drug-likeness (QED) is 0.422. The Kier molecular flexibility index (Phi) is 5.47. The van der Waals surface area contributed by atoms with Crippen LogP contribution >= 0.6 is 22.7 Å². The fourth-order valence-corrected chi connectivity index (χ4v) is 6.01. The Labute approximate surface area is 197 Å². The zero-order chi connectivity index (χ0) is 23.1. The van der Waals surface area contributed by atoms with Gasteiger partial charge in [-0.15, -0.1) is 11.3 Å². The third kappa shape index (κ3) is 3.51. The molecule has 0 N–H and O–H groups in total. The van der Waals surface area contributed by atoms with Crippen LogP contribution in [0.5, 0.6) is 5.75 Å². The van der Waals surface area contributed by atoms with E-state index in [-0.39, 0.29) is 5.56 Å². The number of carbonyl (C=O) groups is 1. The van der Waals surface area contributed by atoms with Gasteiger partial charge in [-0.3, -0.25) is 9.36 Å². The molecule has 3 heterocycles. The van der Waals surface area contributed by atoms with Crippen molar-refractivity contribution < 1.29 is 14.3 Å². The van der Waals surface area contributed by atoms with Crippen LogP contribution in [-0.2, 0) is 9.53 Å². The van der Waals surface area contributed by atoms with E-state index < -0.39 is 12.0 Å². The molecule has 0 fully saturated rings. The number of esters is 1. The average molecular weight is 477 g/mol. The number of rotatable bonds is 4. The number of hydrogen-bond acceptors (Lipinski definition) is 7. The highest BCUT2D eigenvalue weighted by Gasteiger charge is 2.33. The van der Waals surface area contributed by atoms with Gasteiger partial charge in [0.1, 0.15) is 11.8 Å². The number of benzene rings is 2. The van der Waals surface area contributed by atoms with Crippen LogP contribution in [0.1, 0.15) is 23.4 Å². The maximum Gasteiger partial charge on any atom is 0.338 e. The second kappa shape index (κ2) is 8.46. The maximum atomic E-state index is 13.6. The minimum absolute atomic E-state index is 0.189. The largest absolute Gasteiger partial charge is 0.496 e. The van der Waals surface area contributed by atoms with Gasteiger partial charge in [0.05, 0.1) is 30.0 Å². The first kappa shape index (κ1) is 21.4. The van der Waals surface area contributed by atoms with Crippen molar-refractivity contribution >= 4 is 45.5 Å². The summed E-state index contributed by atoms with van der Waals surface area (Å²) >= 11 is 2.81. The summed E-state index contributed by atoms with van der Waals surface area (Å²) in [6, 6.07) is 15.0. The lowest BCUT2D eigenvalue weighted by Crippen LogP contribution is -2.39. The van der Waals surface area contributed by atoms with E-state index in [0.29, 0.717) is 20.6 Å². The maximum absolute atomic E-state index is 13.6. The molecule has 0 bridgehead atoms. The van der Waals surface area contributed by atoms with Gasteiger partial charge < -0.3 is 9.47 Å². The van der Waals surface area contributed by atoms with Crippen molar-refractivity contribution in [3.63, 3.8) is 0 Å². The molecular formula is C25H20N2O4S2. The Bertz CT molecular complexity index is 1590. The van der Waals surface area contributed by atoms with Crippen LogP contribution < -0.4 is 19.6 Å². The first-order valence-corrected chi connectivity index (χ1v) is 11.9. The number of carbonyl (C=O) groups excluding carboxylic acids is 1. The van der Waals surface area contributed by atoms with Gasteiger partial charge in [-0.2, -0.15) is 0 Å². The number of aromatic nitrogens is 1. The minimum atomic E-state index is -0.566. The van der Waals surface area contributed by atoms with Gasteiger partial charge in [-0.05, 0) is 41.5 Å². The van der Waals surface area contributed by atoms with Crippen molar-refractivity contribution in [3.8, 4) is 5.75 Å². The molecule has 0 saturated carbocycles. The van der Waals surface area contributed by atoms with E-state index in [9.17, 15) is 9.59 Å². The molecule has 6 nitrogen and oxygen atoms in total. The van der Waals surface area contributed by atoms with Crippen molar-refractivity contribution in [2.75, 3.05) is 14.2 Å². The zero-order valence-corrected chi connectivity index (χ0v) is 19.8. The Morgan fingerprint density at radius 3 is 2.58 bits per heavy atom. The molecule has 1 atom stereocenters. The second-order valence-electron chi connectivity index (χ2n) is 7.49. The summed E-state index contributed by atoms with van der Waals surface area (Å²) in [4.78, 5) is 32.3. The fourth-order valence-electron chi connectivity index (χ4n) is 4.15. The molecule has 0 unspecified atom stereocenters. The van der Waals surface area contributed by atoms with Crippen LogP contribution in [0.2, 0.25) is 0 Å². The molecule has 1 aliphatic rings. The lowest BCUT2D eigenvalue weighted by Gasteiger charge is -2.22. The highest BCUT2D eigenvalue weighted by molar-refractivity contribution is 7.10. The van der Waals surface area contributed by atoms with Crippen molar-refractivity contribution in [1.29, 1.82) is 0 Å². The SMILES string of the molecule is COC(=O)C1=C(C)N=c2s/c(=C\c3ccc(OC)c4ccccc34)c(=O)n2[C@@H]1c1cccs1. The Morgan fingerprint density at radius 2 is 1.88 bits per heavy atom. The first-order valence-electron chi connectivity index (χ1n) is 10.2. The molecule has 33 heavy (non-hydrogen) atoms. The van der Waals surface area contributed by atoms with Crippen molar-refractivity contribution in [2.24, 2.45) is 4.99 Å². The molecule has 2 aromatic heterocycles. The van der Waals surface area contributed by atoms with Gasteiger partial charge in [0.15, 0.2) is 4.80 Å². The molecule has 0 spiro atoms. The van der Waals surface area contributed by atoms with E-state index >= 15 is 0 Å². The number of nitrogens with zero attached hydrogens (tertiary/aromatic N) is 2. The van der Waals surface area contributed by atoms with Crippen LogP contribution in [0.3, 0.4) is 0 Å². The minimum Gasteiger partial charge on any atom is -0.496 e. The fraction of sp³-hybridized carbons (Fsp3) is 0.160. The summed E-state index contributed by atoms with van der Waals surface area (Å²) in [5, 5.41) is 3.89. The van der Waals surface area contributed by atoms with Gasteiger partial charge >= 0.3 is 5.97 Å². The van der Waals surface area contributed by atoms with E-state index in [1.54, 1.807) is 18.6 Å². The summed E-state index contributed by atoms with van der Waals surface area (Å²) in [7, 11) is 2.99. The van der Waals surface area contributed by atoms with Crippen LogP contribution in [-0.4, -0.2) is 24.8 Å². The molecule has 1 aliphatic heterocycles. The molecule has 5 rings (SSSR count). The number of thiophene rings is 1. The lowest BCUT2D eigenvalue weighted by molar-refractivity contribution is -0.136. The molecule has 0 saturated heterocycles. The number of thiazole rings is 1. The van der Waals surface area contributed by atoms with Crippen LogP contribution in [0, 0.1) is 0 Å². The molecule has 0 radical (unpaired) electrons. The van der Waals surface area contributed by atoms with Crippen LogP contribution in [0.4, 0.5) is 0 Å². The number of methoxy groups -OCH3 is 2. The van der Waals surface area contributed by atoms with Gasteiger partial charge in [0.2, 0.25) is 0 Å². The summed E-state index contributed by atoms with van der Waals surface area (Å²) < 4.78 is 12.7. The molecular weight excluding hydrogens is 456 g/mol. The molecule has 8 heteroatoms. The van der Waals surface area contributed by atoms with Gasteiger partial charge in [0, 0.05) is 10.3 Å². The summed E-state index contributed by atoms with van der Waals surface area (Å²) in [5.74, 6) is 0.297. The lowest BCUT2D eigenvalue weighted by atomic mass is 10.0. The third-order valence-corrected chi connectivity index (χ3v) is 7.57.